The molecule has 0 saturated heterocycles. The second kappa shape index (κ2) is 6.30. The van der Waals surface area contributed by atoms with E-state index in [4.69, 9.17) is 5.26 Å². The number of benzene rings is 1. The number of nitrogens with one attached hydrogen (secondary N) is 1. The summed E-state index contributed by atoms with van der Waals surface area (Å²) in [6.45, 7) is 0.237. The zero-order valence-electron chi connectivity index (χ0n) is 9.35. The Morgan fingerprint density at radius 3 is 2.89 bits per heavy atom. The molecule has 0 radical (unpaired) electrons. The number of nitrogens with zero attached hydrogens (tertiary/aromatic N) is 2. The molecule has 0 saturated carbocycles. The van der Waals surface area contributed by atoms with Gasteiger partial charge in [0.15, 0.2) is 0 Å². The predicted molar refractivity (Wildman–Crippen MR) is 60.2 cm³/mol. The number of amides is 1. The molecule has 1 N–H and O–H groups in total. The number of nitro groups is 1. The van der Waals surface area contributed by atoms with E-state index < -0.39 is 22.3 Å². The first-order valence-electron chi connectivity index (χ1n) is 5.15. The fraction of sp³-hybridized carbons (Fsp3) is 0.273. The molecule has 1 rings (SSSR count). The number of hydrogen-bond donors (Lipinski definition) is 1. The maximum absolute atomic E-state index is 12.9. The van der Waals surface area contributed by atoms with Gasteiger partial charge in [-0.25, -0.2) is 4.39 Å². The van der Waals surface area contributed by atoms with Gasteiger partial charge in [-0.15, -0.1) is 0 Å². The van der Waals surface area contributed by atoms with Crippen molar-refractivity contribution in [3.05, 3.63) is 39.7 Å². The van der Waals surface area contributed by atoms with Crippen LogP contribution in [0.5, 0.6) is 0 Å². The second-order valence-electron chi connectivity index (χ2n) is 3.44. The smallest absolute Gasteiger partial charge is 0.285 e. The summed E-state index contributed by atoms with van der Waals surface area (Å²) in [6, 6.07) is 4.65. The lowest BCUT2D eigenvalue weighted by Gasteiger charge is -2.04. The molecule has 1 aromatic carbocycles. The Morgan fingerprint density at radius 2 is 2.28 bits per heavy atom. The highest BCUT2D eigenvalue weighted by Gasteiger charge is 2.20. The van der Waals surface area contributed by atoms with Crippen LogP contribution in [0.2, 0.25) is 0 Å². The Hall–Kier alpha value is -2.49. The van der Waals surface area contributed by atoms with E-state index in [0.29, 0.717) is 12.5 Å². The number of carbonyl (C=O) groups excluding carboxylic acids is 1. The Bertz CT molecular complexity index is 511. The Balaban J connectivity index is 2.79. The molecule has 94 valence electrons. The summed E-state index contributed by atoms with van der Waals surface area (Å²) in [6.07, 6.45) is 0.739. The van der Waals surface area contributed by atoms with Crippen molar-refractivity contribution < 1.29 is 14.1 Å². The van der Waals surface area contributed by atoms with Gasteiger partial charge in [-0.2, -0.15) is 5.26 Å². The quantitative estimate of drug-likeness (QED) is 0.490. The van der Waals surface area contributed by atoms with Gasteiger partial charge in [0.25, 0.3) is 11.6 Å². The van der Waals surface area contributed by atoms with Gasteiger partial charge in [0.05, 0.1) is 17.1 Å². The van der Waals surface area contributed by atoms with Crippen LogP contribution in [0, 0.1) is 27.3 Å². The van der Waals surface area contributed by atoms with Crippen LogP contribution in [-0.4, -0.2) is 17.4 Å². The number of nitriles is 1. The third-order valence-corrected chi connectivity index (χ3v) is 2.15. The third-order valence-electron chi connectivity index (χ3n) is 2.15. The molecule has 0 spiro atoms. The number of hydrogen-bond acceptors (Lipinski definition) is 4. The first kappa shape index (κ1) is 13.6. The van der Waals surface area contributed by atoms with Crippen molar-refractivity contribution in [1.82, 2.24) is 5.32 Å². The summed E-state index contributed by atoms with van der Waals surface area (Å²) in [5.74, 6) is -1.43. The summed E-state index contributed by atoms with van der Waals surface area (Å²) in [5, 5.41) is 21.4. The summed E-state index contributed by atoms with van der Waals surface area (Å²) in [4.78, 5) is 21.5. The lowest BCUT2D eigenvalue weighted by Crippen LogP contribution is -2.25. The predicted octanol–water partition coefficient (Wildman–Crippen LogP) is 1.77. The molecule has 0 atom stereocenters. The van der Waals surface area contributed by atoms with Crippen LogP contribution in [0.15, 0.2) is 18.2 Å². The molecule has 6 nitrogen and oxygen atoms in total. The summed E-state index contributed by atoms with van der Waals surface area (Å²) in [7, 11) is 0. The molecule has 1 aromatic rings. The number of carbonyl (C=O) groups is 1. The molecule has 0 fully saturated rings. The second-order valence-corrected chi connectivity index (χ2v) is 3.44. The maximum atomic E-state index is 12.9. The van der Waals surface area contributed by atoms with Gasteiger partial charge in [0.1, 0.15) is 11.4 Å². The highest BCUT2D eigenvalue weighted by Crippen LogP contribution is 2.19. The van der Waals surface area contributed by atoms with Gasteiger partial charge in [-0.1, -0.05) is 0 Å². The van der Waals surface area contributed by atoms with Gasteiger partial charge in [0, 0.05) is 13.0 Å². The van der Waals surface area contributed by atoms with Crippen LogP contribution in [0.25, 0.3) is 0 Å². The number of unbranched alkanes of at least 4 members (excludes halogenated alkanes) is 1. The molecule has 7 heteroatoms. The van der Waals surface area contributed by atoms with E-state index in [-0.39, 0.29) is 18.5 Å². The van der Waals surface area contributed by atoms with E-state index >= 15 is 0 Å². The zero-order valence-corrected chi connectivity index (χ0v) is 9.35. The van der Waals surface area contributed by atoms with E-state index in [2.05, 4.69) is 5.32 Å². The summed E-state index contributed by atoms with van der Waals surface area (Å²) >= 11 is 0. The maximum Gasteiger partial charge on any atom is 0.285 e. The molecule has 0 aliphatic carbocycles. The number of rotatable bonds is 5. The van der Waals surface area contributed by atoms with Crippen molar-refractivity contribution in [3.8, 4) is 6.07 Å². The molecule has 0 aliphatic heterocycles. The van der Waals surface area contributed by atoms with Crippen LogP contribution in [0.4, 0.5) is 10.1 Å². The largest absolute Gasteiger partial charge is 0.352 e. The zero-order chi connectivity index (χ0) is 13.5. The van der Waals surface area contributed by atoms with Gasteiger partial charge < -0.3 is 5.32 Å². The molecular formula is C11H10FN3O3. The van der Waals surface area contributed by atoms with Crippen LogP contribution in [0.1, 0.15) is 23.2 Å². The Kier molecular flexibility index (Phi) is 4.75. The first-order valence-corrected chi connectivity index (χ1v) is 5.15. The highest BCUT2D eigenvalue weighted by molar-refractivity contribution is 5.98. The minimum absolute atomic E-state index is 0.196. The molecule has 0 unspecified atom stereocenters. The van der Waals surface area contributed by atoms with Gasteiger partial charge in [-0.3, -0.25) is 14.9 Å². The lowest BCUT2D eigenvalue weighted by atomic mass is 10.1. The summed E-state index contributed by atoms with van der Waals surface area (Å²) < 4.78 is 12.9. The van der Waals surface area contributed by atoms with Gasteiger partial charge in [0.2, 0.25) is 0 Å². The van der Waals surface area contributed by atoms with Crippen molar-refractivity contribution in [1.29, 1.82) is 5.26 Å². The van der Waals surface area contributed by atoms with Gasteiger partial charge >= 0.3 is 0 Å². The normalized spacial score (nSPS) is 9.56. The van der Waals surface area contributed by atoms with E-state index in [1.54, 1.807) is 0 Å². The molecule has 0 heterocycles. The molecule has 0 aliphatic rings. The SMILES string of the molecule is N#CCCCNC(=O)c1ccc(F)cc1[N+](=O)[O-]. The number of halogens is 1. The van der Waals surface area contributed by atoms with Crippen LogP contribution in [0.3, 0.4) is 0 Å². The first-order chi connectivity index (χ1) is 8.56. The van der Waals surface area contributed by atoms with E-state index in [0.717, 1.165) is 12.1 Å². The molecule has 0 aromatic heterocycles. The van der Waals surface area contributed by atoms with Crippen molar-refractivity contribution >= 4 is 11.6 Å². The number of nitro benzene ring substituents is 1. The fourth-order valence-corrected chi connectivity index (χ4v) is 1.31. The molecule has 0 bridgehead atoms. The average Bonchev–Trinajstić information content (AvgIpc) is 2.34. The van der Waals surface area contributed by atoms with E-state index in [1.165, 1.54) is 0 Å². The monoisotopic (exact) mass is 251 g/mol. The molecular weight excluding hydrogens is 241 g/mol. The standard InChI is InChI=1S/C11H10FN3O3/c12-8-3-4-9(10(7-8)15(17)18)11(16)14-6-2-1-5-13/h3-4,7H,1-2,6H2,(H,14,16). The van der Waals surface area contributed by atoms with Crippen LogP contribution < -0.4 is 5.32 Å². The summed E-state index contributed by atoms with van der Waals surface area (Å²) in [5.41, 5.74) is -0.772. The van der Waals surface area contributed by atoms with Crippen LogP contribution >= 0.6 is 0 Å². The van der Waals surface area contributed by atoms with Crippen LogP contribution in [-0.2, 0) is 0 Å². The van der Waals surface area contributed by atoms with Crippen molar-refractivity contribution in [3.63, 3.8) is 0 Å². The Morgan fingerprint density at radius 1 is 1.56 bits per heavy atom. The Labute approximate surface area is 102 Å². The van der Waals surface area contributed by atoms with Crippen molar-refractivity contribution in [2.45, 2.75) is 12.8 Å². The van der Waals surface area contributed by atoms with Gasteiger partial charge in [-0.05, 0) is 18.6 Å². The minimum Gasteiger partial charge on any atom is -0.352 e. The van der Waals surface area contributed by atoms with Crippen molar-refractivity contribution in [2.75, 3.05) is 6.54 Å². The van der Waals surface area contributed by atoms with E-state index in [1.807, 2.05) is 6.07 Å². The highest BCUT2D eigenvalue weighted by atomic mass is 19.1. The third kappa shape index (κ3) is 3.52. The topological polar surface area (TPSA) is 96.0 Å². The average molecular weight is 251 g/mol. The fourth-order valence-electron chi connectivity index (χ4n) is 1.31. The molecule has 1 amide bonds. The molecule has 18 heavy (non-hydrogen) atoms. The van der Waals surface area contributed by atoms with E-state index in [9.17, 15) is 19.3 Å². The van der Waals surface area contributed by atoms with Crippen molar-refractivity contribution in [2.24, 2.45) is 0 Å². The lowest BCUT2D eigenvalue weighted by molar-refractivity contribution is -0.385. The minimum atomic E-state index is -0.812.